The van der Waals surface area contributed by atoms with Crippen LogP contribution in [0.3, 0.4) is 0 Å². The van der Waals surface area contributed by atoms with E-state index in [1.807, 2.05) is 0 Å². The van der Waals surface area contributed by atoms with Crippen molar-refractivity contribution in [3.8, 4) is 0 Å². The van der Waals surface area contributed by atoms with Crippen LogP contribution in [0.4, 0.5) is 0 Å². The predicted octanol–water partition coefficient (Wildman–Crippen LogP) is 3.14. The minimum absolute atomic E-state index is 0.178. The van der Waals surface area contributed by atoms with E-state index < -0.39 is 5.97 Å². The summed E-state index contributed by atoms with van der Waals surface area (Å²) >= 11 is 1.69. The highest BCUT2D eigenvalue weighted by atomic mass is 32.1. The van der Waals surface area contributed by atoms with Gasteiger partial charge in [-0.2, -0.15) is 0 Å². The molecular weight excluding hydrogens is 220 g/mol. The predicted molar refractivity (Wildman–Crippen MR) is 66.0 cm³/mol. The van der Waals surface area contributed by atoms with E-state index in [0.717, 1.165) is 17.7 Å². The molecule has 0 amide bonds. The Labute approximate surface area is 100 Å². The zero-order valence-electron chi connectivity index (χ0n) is 10.0. The number of carbonyl (C=O) groups is 1. The van der Waals surface area contributed by atoms with Gasteiger partial charge in [-0.1, -0.05) is 20.8 Å². The average Bonchev–Trinajstić information content (AvgIpc) is 2.57. The fourth-order valence-electron chi connectivity index (χ4n) is 2.28. The molecule has 0 spiro atoms. The van der Waals surface area contributed by atoms with Crippen LogP contribution in [0.1, 0.15) is 36.1 Å². The molecule has 0 aliphatic heterocycles. The van der Waals surface area contributed by atoms with Gasteiger partial charge >= 0.3 is 5.97 Å². The molecule has 0 aromatic carbocycles. The van der Waals surface area contributed by atoms with Crippen molar-refractivity contribution in [1.82, 2.24) is 0 Å². The van der Waals surface area contributed by atoms with Gasteiger partial charge in [0.25, 0.3) is 0 Å². The van der Waals surface area contributed by atoms with Gasteiger partial charge in [-0.05, 0) is 35.8 Å². The third-order valence-corrected chi connectivity index (χ3v) is 4.60. The number of carboxylic acids is 1. The Morgan fingerprint density at radius 2 is 2.19 bits per heavy atom. The number of rotatable bonds is 2. The van der Waals surface area contributed by atoms with Crippen LogP contribution in [0.2, 0.25) is 0 Å². The topological polar surface area (TPSA) is 37.3 Å². The first-order valence-corrected chi connectivity index (χ1v) is 6.50. The number of hydrogen-bond donors (Lipinski definition) is 1. The van der Waals surface area contributed by atoms with Crippen LogP contribution in [0.5, 0.6) is 0 Å². The van der Waals surface area contributed by atoms with E-state index >= 15 is 0 Å². The number of thiophene rings is 1. The standard InChI is InChI=1S/C13H18O2S/c1-13(2,3)9-4-8-5-10(7-12(14)15)16-11(8)6-9/h5,9H,4,6-7H2,1-3H3,(H,14,15)/t9-/m0/s1. The van der Waals surface area contributed by atoms with Crippen molar-refractivity contribution < 1.29 is 9.90 Å². The van der Waals surface area contributed by atoms with E-state index in [-0.39, 0.29) is 6.42 Å². The first kappa shape index (κ1) is 11.6. The second kappa shape index (κ2) is 3.88. The lowest BCUT2D eigenvalue weighted by atomic mass is 9.79. The van der Waals surface area contributed by atoms with Crippen molar-refractivity contribution in [2.45, 2.75) is 40.0 Å². The fourth-order valence-corrected chi connectivity index (χ4v) is 3.55. The maximum atomic E-state index is 10.6. The molecule has 1 N–H and O–H groups in total. The maximum Gasteiger partial charge on any atom is 0.308 e. The van der Waals surface area contributed by atoms with E-state index in [4.69, 9.17) is 5.11 Å². The van der Waals surface area contributed by atoms with Gasteiger partial charge in [0, 0.05) is 9.75 Å². The fraction of sp³-hybridized carbons (Fsp3) is 0.615. The highest BCUT2D eigenvalue weighted by Gasteiger charge is 2.32. The van der Waals surface area contributed by atoms with Gasteiger partial charge in [-0.15, -0.1) is 11.3 Å². The molecule has 1 atom stereocenters. The van der Waals surface area contributed by atoms with Crippen molar-refractivity contribution in [3.63, 3.8) is 0 Å². The Kier molecular flexibility index (Phi) is 2.82. The summed E-state index contributed by atoms with van der Waals surface area (Å²) in [5, 5.41) is 8.75. The van der Waals surface area contributed by atoms with Crippen LogP contribution < -0.4 is 0 Å². The van der Waals surface area contributed by atoms with E-state index in [9.17, 15) is 4.79 Å². The summed E-state index contributed by atoms with van der Waals surface area (Å²) in [6, 6.07) is 2.10. The molecule has 0 bridgehead atoms. The van der Waals surface area contributed by atoms with Gasteiger partial charge in [0.05, 0.1) is 6.42 Å². The molecule has 0 saturated heterocycles. The molecule has 1 aliphatic carbocycles. The zero-order valence-corrected chi connectivity index (χ0v) is 10.9. The molecule has 0 radical (unpaired) electrons. The van der Waals surface area contributed by atoms with Gasteiger partial charge in [-0.25, -0.2) is 0 Å². The normalized spacial score (nSPS) is 19.8. The Bertz CT molecular complexity index is 389. The molecule has 1 aromatic rings. The monoisotopic (exact) mass is 238 g/mol. The highest BCUT2D eigenvalue weighted by molar-refractivity contribution is 7.12. The SMILES string of the molecule is CC(C)(C)[C@H]1Cc2cc(CC(=O)O)sc2C1. The van der Waals surface area contributed by atoms with Gasteiger partial charge in [0.1, 0.15) is 0 Å². The van der Waals surface area contributed by atoms with Crippen molar-refractivity contribution in [3.05, 3.63) is 21.4 Å². The zero-order chi connectivity index (χ0) is 11.9. The Morgan fingerprint density at radius 1 is 1.50 bits per heavy atom. The summed E-state index contributed by atoms with van der Waals surface area (Å²) in [5.41, 5.74) is 1.74. The van der Waals surface area contributed by atoms with Crippen LogP contribution in [-0.2, 0) is 24.1 Å². The highest BCUT2D eigenvalue weighted by Crippen LogP contribution is 2.41. The molecule has 0 saturated carbocycles. The molecule has 3 heteroatoms. The molecule has 2 nitrogen and oxygen atoms in total. The molecule has 1 heterocycles. The van der Waals surface area contributed by atoms with Crippen LogP contribution >= 0.6 is 11.3 Å². The molecule has 0 unspecified atom stereocenters. The van der Waals surface area contributed by atoms with E-state index in [1.54, 1.807) is 11.3 Å². The molecule has 1 aromatic heterocycles. The first-order valence-electron chi connectivity index (χ1n) is 5.68. The summed E-state index contributed by atoms with van der Waals surface area (Å²) in [6.45, 7) is 6.85. The number of aliphatic carboxylic acids is 1. The van der Waals surface area contributed by atoms with E-state index in [1.165, 1.54) is 10.4 Å². The lowest BCUT2D eigenvalue weighted by Gasteiger charge is -2.26. The largest absolute Gasteiger partial charge is 0.481 e. The van der Waals surface area contributed by atoms with Gasteiger partial charge in [0.15, 0.2) is 0 Å². The van der Waals surface area contributed by atoms with Crippen molar-refractivity contribution in [2.75, 3.05) is 0 Å². The van der Waals surface area contributed by atoms with Crippen molar-refractivity contribution >= 4 is 17.3 Å². The second-order valence-electron chi connectivity index (χ2n) is 5.70. The molecular formula is C13H18O2S. The average molecular weight is 238 g/mol. The van der Waals surface area contributed by atoms with Crippen molar-refractivity contribution in [1.29, 1.82) is 0 Å². The molecule has 0 fully saturated rings. The number of fused-ring (bicyclic) bond motifs is 1. The van der Waals surface area contributed by atoms with Crippen molar-refractivity contribution in [2.24, 2.45) is 11.3 Å². The quantitative estimate of drug-likeness (QED) is 0.859. The Hall–Kier alpha value is -0.830. The van der Waals surface area contributed by atoms with Crippen LogP contribution in [-0.4, -0.2) is 11.1 Å². The smallest absolute Gasteiger partial charge is 0.308 e. The van der Waals surface area contributed by atoms with Crippen LogP contribution in [0.25, 0.3) is 0 Å². The first-order chi connectivity index (χ1) is 7.36. The summed E-state index contributed by atoms with van der Waals surface area (Å²) < 4.78 is 0. The van der Waals surface area contributed by atoms with Gasteiger partial charge in [0.2, 0.25) is 0 Å². The van der Waals surface area contributed by atoms with Gasteiger partial charge in [-0.3, -0.25) is 4.79 Å². The summed E-state index contributed by atoms with van der Waals surface area (Å²) in [5.74, 6) is -0.0140. The third kappa shape index (κ3) is 2.29. The minimum atomic E-state index is -0.729. The lowest BCUT2D eigenvalue weighted by molar-refractivity contribution is -0.136. The second-order valence-corrected chi connectivity index (χ2v) is 6.92. The van der Waals surface area contributed by atoms with Crippen LogP contribution in [0.15, 0.2) is 6.07 Å². The molecule has 16 heavy (non-hydrogen) atoms. The van der Waals surface area contributed by atoms with E-state index in [0.29, 0.717) is 11.3 Å². The third-order valence-electron chi connectivity index (χ3n) is 3.40. The minimum Gasteiger partial charge on any atom is -0.481 e. The summed E-state index contributed by atoms with van der Waals surface area (Å²) in [7, 11) is 0. The maximum absolute atomic E-state index is 10.6. The van der Waals surface area contributed by atoms with E-state index in [2.05, 4.69) is 26.8 Å². The molecule has 1 aliphatic rings. The van der Waals surface area contributed by atoms with Crippen LogP contribution in [0, 0.1) is 11.3 Å². The number of carboxylic acid groups (broad SMARTS) is 1. The lowest BCUT2D eigenvalue weighted by Crippen LogP contribution is -2.20. The Balaban J connectivity index is 2.11. The molecule has 2 rings (SSSR count). The number of hydrogen-bond acceptors (Lipinski definition) is 2. The summed E-state index contributed by atoms with van der Waals surface area (Å²) in [4.78, 5) is 13.0. The Morgan fingerprint density at radius 3 is 2.69 bits per heavy atom. The van der Waals surface area contributed by atoms with Gasteiger partial charge < -0.3 is 5.11 Å². The molecule has 88 valence electrons. The summed E-state index contributed by atoms with van der Waals surface area (Å²) in [6.07, 6.45) is 2.43.